The summed E-state index contributed by atoms with van der Waals surface area (Å²) >= 11 is 3.75. The Labute approximate surface area is 115 Å². The Morgan fingerprint density at radius 3 is 3.05 bits per heavy atom. The van der Waals surface area contributed by atoms with E-state index in [1.165, 1.54) is 10.8 Å². The van der Waals surface area contributed by atoms with E-state index in [1.807, 2.05) is 0 Å². The van der Waals surface area contributed by atoms with Crippen LogP contribution in [0.15, 0.2) is 15.8 Å². The van der Waals surface area contributed by atoms with E-state index in [9.17, 15) is 9.59 Å². The van der Waals surface area contributed by atoms with Crippen molar-refractivity contribution in [1.82, 2.24) is 9.55 Å². The van der Waals surface area contributed by atoms with E-state index in [4.69, 9.17) is 14.2 Å². The minimum absolute atomic E-state index is 0.187. The molecule has 0 bridgehead atoms. The lowest BCUT2D eigenvalue weighted by molar-refractivity contribution is -0.0192. The fourth-order valence-electron chi connectivity index (χ4n) is 1.96. The van der Waals surface area contributed by atoms with E-state index < -0.39 is 19.5 Å². The molecule has 2 N–H and O–H groups in total. The zero-order chi connectivity index (χ0) is 14.0. The van der Waals surface area contributed by atoms with Gasteiger partial charge in [0.1, 0.15) is 6.23 Å². The van der Waals surface area contributed by atoms with Crippen LogP contribution in [-0.2, 0) is 9.26 Å². The third-order valence-electron chi connectivity index (χ3n) is 2.92. The van der Waals surface area contributed by atoms with Crippen molar-refractivity contribution in [3.05, 3.63) is 32.6 Å². The molecule has 106 valence electrons. The Morgan fingerprint density at radius 2 is 2.37 bits per heavy atom. The molecule has 1 aromatic heterocycles. The van der Waals surface area contributed by atoms with Crippen molar-refractivity contribution in [3.63, 3.8) is 0 Å². The maximum absolute atomic E-state index is 11.7. The standard InChI is InChI=1S/C10H15N2O5PS/c1-6-4-12(10(14)11-9(6)13)8-3-2-7(17-8)5-16-18(15)19/h4,7-8,15,19H,2-3,5H2,1H3,(H,11,13,14)/t7-,8+,18?/m0/s1. The van der Waals surface area contributed by atoms with Crippen LogP contribution in [0.25, 0.3) is 0 Å². The molecule has 3 atom stereocenters. The van der Waals surface area contributed by atoms with Crippen molar-refractivity contribution in [2.24, 2.45) is 0 Å². The lowest BCUT2D eigenvalue weighted by Crippen LogP contribution is -2.33. The van der Waals surface area contributed by atoms with Crippen molar-refractivity contribution in [2.75, 3.05) is 6.61 Å². The van der Waals surface area contributed by atoms with E-state index in [0.717, 1.165) is 0 Å². The Bertz CT molecular complexity index is 558. The second-order valence-electron chi connectivity index (χ2n) is 4.32. The first-order valence-electron chi connectivity index (χ1n) is 5.75. The zero-order valence-corrected chi connectivity index (χ0v) is 12.1. The molecular weight excluding hydrogens is 291 g/mol. The molecule has 19 heavy (non-hydrogen) atoms. The summed E-state index contributed by atoms with van der Waals surface area (Å²) in [5, 5.41) is 0. The van der Waals surface area contributed by atoms with Gasteiger partial charge in [0.25, 0.3) is 5.56 Å². The Morgan fingerprint density at radius 1 is 1.63 bits per heavy atom. The largest absolute Gasteiger partial charge is 0.352 e. The molecule has 1 fully saturated rings. The topological polar surface area (TPSA) is 93.6 Å². The summed E-state index contributed by atoms with van der Waals surface area (Å²) in [4.78, 5) is 34.2. The first-order valence-corrected chi connectivity index (χ1v) is 8.12. The van der Waals surface area contributed by atoms with Crippen LogP contribution >= 0.6 is 19.8 Å². The predicted octanol–water partition coefficient (Wildman–Crippen LogP) is 0.688. The highest BCUT2D eigenvalue weighted by molar-refractivity contribution is 8.41. The summed E-state index contributed by atoms with van der Waals surface area (Å²) in [6.07, 6.45) is 2.25. The van der Waals surface area contributed by atoms with Crippen molar-refractivity contribution in [3.8, 4) is 0 Å². The zero-order valence-electron chi connectivity index (χ0n) is 10.3. The Balaban J connectivity index is 2.07. The number of rotatable bonds is 4. The van der Waals surface area contributed by atoms with Crippen LogP contribution in [0.2, 0.25) is 0 Å². The van der Waals surface area contributed by atoms with E-state index in [1.54, 1.807) is 6.92 Å². The molecule has 1 aromatic rings. The lowest BCUT2D eigenvalue weighted by atomic mass is 10.2. The van der Waals surface area contributed by atoms with Gasteiger partial charge in [-0.3, -0.25) is 14.3 Å². The Kier molecular flexibility index (Phi) is 4.81. The number of nitrogens with one attached hydrogen (secondary N) is 1. The fraction of sp³-hybridized carbons (Fsp3) is 0.600. The van der Waals surface area contributed by atoms with Crippen molar-refractivity contribution >= 4 is 19.8 Å². The molecule has 1 unspecified atom stereocenters. The van der Waals surface area contributed by atoms with Crippen molar-refractivity contribution in [2.45, 2.75) is 32.1 Å². The molecule has 9 heteroatoms. The van der Waals surface area contributed by atoms with Gasteiger partial charge in [-0.15, -0.1) is 0 Å². The molecule has 1 aliphatic heterocycles. The predicted molar refractivity (Wildman–Crippen MR) is 73.3 cm³/mol. The first kappa shape index (κ1) is 14.7. The van der Waals surface area contributed by atoms with Gasteiger partial charge in [-0.1, -0.05) is 12.2 Å². The number of ether oxygens (including phenoxy) is 1. The van der Waals surface area contributed by atoms with Crippen LogP contribution in [-0.4, -0.2) is 27.2 Å². The van der Waals surface area contributed by atoms with E-state index >= 15 is 0 Å². The number of H-pyrrole nitrogens is 1. The average Bonchev–Trinajstić information content (AvgIpc) is 2.80. The van der Waals surface area contributed by atoms with E-state index in [-0.39, 0.29) is 18.3 Å². The number of aromatic nitrogens is 2. The molecule has 0 amide bonds. The number of aryl methyl sites for hydroxylation is 1. The maximum atomic E-state index is 11.7. The molecule has 0 aliphatic carbocycles. The van der Waals surface area contributed by atoms with Gasteiger partial charge in [0.05, 0.1) is 12.7 Å². The summed E-state index contributed by atoms with van der Waals surface area (Å²) in [6.45, 7) is 1.86. The van der Waals surface area contributed by atoms with Gasteiger partial charge in [0.15, 0.2) is 0 Å². The van der Waals surface area contributed by atoms with Gasteiger partial charge in [-0.25, -0.2) is 4.79 Å². The lowest BCUT2D eigenvalue weighted by Gasteiger charge is -2.16. The molecule has 0 aromatic carbocycles. The number of thiol groups is 1. The van der Waals surface area contributed by atoms with Gasteiger partial charge in [-0.2, -0.15) is 0 Å². The van der Waals surface area contributed by atoms with Crippen LogP contribution in [0.3, 0.4) is 0 Å². The SMILES string of the molecule is Cc1cn([C@H]2CC[C@@H](COP(O)S)O2)c(=O)[nH]c1=O. The average molecular weight is 306 g/mol. The minimum atomic E-state index is -1.70. The highest BCUT2D eigenvalue weighted by Crippen LogP contribution is 2.38. The third-order valence-corrected chi connectivity index (χ3v) is 3.64. The van der Waals surface area contributed by atoms with E-state index in [0.29, 0.717) is 18.4 Å². The maximum Gasteiger partial charge on any atom is 0.330 e. The number of nitrogens with zero attached hydrogens (tertiary/aromatic N) is 1. The first-order chi connectivity index (χ1) is 8.97. The number of aromatic amines is 1. The van der Waals surface area contributed by atoms with Crippen LogP contribution in [0.4, 0.5) is 0 Å². The van der Waals surface area contributed by atoms with Gasteiger partial charge in [0, 0.05) is 11.8 Å². The highest BCUT2D eigenvalue weighted by Gasteiger charge is 2.28. The van der Waals surface area contributed by atoms with Crippen LogP contribution < -0.4 is 11.2 Å². The summed E-state index contributed by atoms with van der Waals surface area (Å²) in [6, 6.07) is 0. The monoisotopic (exact) mass is 306 g/mol. The molecule has 0 spiro atoms. The number of hydrogen-bond acceptors (Lipinski definition) is 6. The quantitative estimate of drug-likeness (QED) is 0.562. The molecule has 2 rings (SSSR count). The van der Waals surface area contributed by atoms with Gasteiger partial charge in [-0.05, 0) is 19.8 Å². The molecule has 0 radical (unpaired) electrons. The fourth-order valence-corrected chi connectivity index (χ4v) is 2.46. The molecule has 7 nitrogen and oxygen atoms in total. The smallest absolute Gasteiger partial charge is 0.330 e. The number of hydrogen-bond donors (Lipinski definition) is 3. The highest BCUT2D eigenvalue weighted by atomic mass is 32.7. The molecule has 0 saturated carbocycles. The van der Waals surface area contributed by atoms with E-state index in [2.05, 4.69) is 17.2 Å². The van der Waals surface area contributed by atoms with Gasteiger partial charge < -0.3 is 14.2 Å². The molecular formula is C10H15N2O5PS. The second kappa shape index (κ2) is 6.19. The summed E-state index contributed by atoms with van der Waals surface area (Å²) in [7, 11) is -1.70. The normalized spacial score (nSPS) is 24.6. The molecule has 2 heterocycles. The van der Waals surface area contributed by atoms with Crippen molar-refractivity contribution < 1.29 is 14.2 Å². The molecule has 1 saturated heterocycles. The molecule has 1 aliphatic rings. The van der Waals surface area contributed by atoms with Crippen LogP contribution in [0.1, 0.15) is 24.6 Å². The van der Waals surface area contributed by atoms with Crippen LogP contribution in [0.5, 0.6) is 0 Å². The summed E-state index contributed by atoms with van der Waals surface area (Å²) < 4.78 is 12.0. The van der Waals surface area contributed by atoms with Gasteiger partial charge >= 0.3 is 5.69 Å². The van der Waals surface area contributed by atoms with Gasteiger partial charge in [0.2, 0.25) is 7.58 Å². The second-order valence-corrected chi connectivity index (χ2v) is 6.11. The Hall–Kier alpha value is -0.660. The summed E-state index contributed by atoms with van der Waals surface area (Å²) in [5.74, 6) is 0. The summed E-state index contributed by atoms with van der Waals surface area (Å²) in [5.41, 5.74) is -0.418. The van der Waals surface area contributed by atoms with Crippen molar-refractivity contribution in [1.29, 1.82) is 0 Å². The minimum Gasteiger partial charge on any atom is -0.352 e. The van der Waals surface area contributed by atoms with Crippen LogP contribution in [0, 0.1) is 6.92 Å². The third kappa shape index (κ3) is 3.67.